The van der Waals surface area contributed by atoms with E-state index in [1.807, 2.05) is 42.0 Å². The van der Waals surface area contributed by atoms with E-state index in [4.69, 9.17) is 4.74 Å². The number of benzene rings is 2. The Morgan fingerprint density at radius 3 is 2.64 bits per heavy atom. The Morgan fingerprint density at radius 2 is 1.94 bits per heavy atom. The van der Waals surface area contributed by atoms with Crippen LogP contribution >= 0.6 is 0 Å². The van der Waals surface area contributed by atoms with Gasteiger partial charge in [-0.2, -0.15) is 13.2 Å². The van der Waals surface area contributed by atoms with Crippen molar-refractivity contribution in [1.82, 2.24) is 19.5 Å². The van der Waals surface area contributed by atoms with Crippen LogP contribution in [0.3, 0.4) is 0 Å². The van der Waals surface area contributed by atoms with Crippen molar-refractivity contribution in [2.75, 3.05) is 19.0 Å². The predicted octanol–water partition coefficient (Wildman–Crippen LogP) is 4.96. The summed E-state index contributed by atoms with van der Waals surface area (Å²) in [5, 5.41) is 13.5. The van der Waals surface area contributed by atoms with E-state index in [1.165, 1.54) is 6.20 Å². The fourth-order valence-corrected chi connectivity index (χ4v) is 3.67. The quantitative estimate of drug-likeness (QED) is 0.336. The summed E-state index contributed by atoms with van der Waals surface area (Å²) in [5.74, 6) is 0.729. The topological polar surface area (TPSA) is 94.3 Å². The molecule has 0 amide bonds. The van der Waals surface area contributed by atoms with Crippen LogP contribution in [0.5, 0.6) is 5.75 Å². The second-order valence-electron chi connectivity index (χ2n) is 7.89. The second kappa shape index (κ2) is 10.8. The molecule has 0 aliphatic heterocycles. The SMILES string of the molecule is COc1cc(Nc2cccc(-c3ccnc(COCC(F)(F)F)n3)c2CO)ccc1-n1cnc(C)c1. The third-order valence-electron chi connectivity index (χ3n) is 5.26. The van der Waals surface area contributed by atoms with E-state index in [0.717, 1.165) is 17.1 Å². The molecule has 36 heavy (non-hydrogen) atoms. The molecule has 0 atom stereocenters. The summed E-state index contributed by atoms with van der Waals surface area (Å²) in [5.41, 5.74) is 4.68. The number of hydrogen-bond donors (Lipinski definition) is 2. The zero-order chi connectivity index (χ0) is 25.7. The molecule has 0 radical (unpaired) electrons. The molecule has 2 aromatic carbocycles. The molecular formula is C25H24F3N5O3. The van der Waals surface area contributed by atoms with E-state index in [2.05, 4.69) is 25.0 Å². The van der Waals surface area contributed by atoms with E-state index >= 15 is 0 Å². The van der Waals surface area contributed by atoms with Gasteiger partial charge in [0.2, 0.25) is 0 Å². The normalized spacial score (nSPS) is 11.5. The van der Waals surface area contributed by atoms with Crippen molar-refractivity contribution in [3.05, 3.63) is 78.3 Å². The molecule has 0 fully saturated rings. The Hall–Kier alpha value is -3.96. The van der Waals surface area contributed by atoms with Gasteiger partial charge in [-0.3, -0.25) is 0 Å². The number of imidazole rings is 1. The number of aryl methyl sites for hydroxylation is 1. The number of halogens is 3. The largest absolute Gasteiger partial charge is 0.494 e. The smallest absolute Gasteiger partial charge is 0.411 e. The standard InChI is InChI=1S/C25H24F3N5O3/c1-16-11-33(15-30-16)22-7-6-17(10-23(22)35-2)31-20-5-3-4-18(19(20)12-34)21-8-9-29-24(32-21)13-36-14-25(26,27)28/h3-11,15,31,34H,12-14H2,1-2H3. The van der Waals surface area contributed by atoms with Crippen molar-refractivity contribution in [2.45, 2.75) is 26.3 Å². The van der Waals surface area contributed by atoms with Crippen LogP contribution in [0.1, 0.15) is 17.1 Å². The van der Waals surface area contributed by atoms with Gasteiger partial charge >= 0.3 is 6.18 Å². The minimum atomic E-state index is -4.43. The maximum atomic E-state index is 12.4. The van der Waals surface area contributed by atoms with Gasteiger partial charge in [0.1, 0.15) is 19.0 Å². The first kappa shape index (κ1) is 25.1. The molecule has 0 saturated carbocycles. The van der Waals surface area contributed by atoms with Crippen LogP contribution in [0, 0.1) is 6.92 Å². The molecular weight excluding hydrogens is 475 g/mol. The Bertz CT molecular complexity index is 1340. The molecule has 2 heterocycles. The third-order valence-corrected chi connectivity index (χ3v) is 5.26. The minimum absolute atomic E-state index is 0.106. The van der Waals surface area contributed by atoms with Gasteiger partial charge in [-0.15, -0.1) is 0 Å². The van der Waals surface area contributed by atoms with E-state index in [9.17, 15) is 18.3 Å². The summed E-state index contributed by atoms with van der Waals surface area (Å²) in [6.45, 7) is -0.169. The second-order valence-corrected chi connectivity index (χ2v) is 7.89. The van der Waals surface area contributed by atoms with Gasteiger partial charge in [-0.25, -0.2) is 15.0 Å². The van der Waals surface area contributed by atoms with Crippen LogP contribution in [-0.4, -0.2) is 44.5 Å². The number of alkyl halides is 3. The number of aromatic nitrogens is 4. The van der Waals surface area contributed by atoms with Gasteiger partial charge < -0.3 is 24.5 Å². The van der Waals surface area contributed by atoms with Gasteiger partial charge in [0.25, 0.3) is 0 Å². The Balaban J connectivity index is 1.59. The van der Waals surface area contributed by atoms with Crippen LogP contribution in [-0.2, 0) is 18.0 Å². The van der Waals surface area contributed by atoms with Crippen LogP contribution in [0.15, 0.2) is 61.2 Å². The first-order valence-corrected chi connectivity index (χ1v) is 10.9. The number of ether oxygens (including phenoxy) is 2. The fraction of sp³-hybridized carbons (Fsp3) is 0.240. The number of methoxy groups -OCH3 is 1. The molecule has 188 valence electrons. The van der Waals surface area contributed by atoms with Crippen molar-refractivity contribution >= 4 is 11.4 Å². The maximum absolute atomic E-state index is 12.4. The number of hydrogen-bond acceptors (Lipinski definition) is 7. The maximum Gasteiger partial charge on any atom is 0.411 e. The number of aliphatic hydroxyl groups is 1. The molecule has 0 aliphatic rings. The van der Waals surface area contributed by atoms with Gasteiger partial charge in [0, 0.05) is 41.0 Å². The van der Waals surface area contributed by atoms with E-state index in [1.54, 1.807) is 31.6 Å². The van der Waals surface area contributed by atoms with Crippen molar-refractivity contribution in [1.29, 1.82) is 0 Å². The summed E-state index contributed by atoms with van der Waals surface area (Å²) in [6.07, 6.45) is 0.609. The molecule has 0 bridgehead atoms. The molecule has 4 aromatic rings. The van der Waals surface area contributed by atoms with Crippen LogP contribution in [0.2, 0.25) is 0 Å². The van der Waals surface area contributed by atoms with Gasteiger partial charge in [0.15, 0.2) is 5.82 Å². The summed E-state index contributed by atoms with van der Waals surface area (Å²) < 4.78 is 49.2. The Kier molecular flexibility index (Phi) is 7.51. The average Bonchev–Trinajstić information content (AvgIpc) is 3.29. The summed E-state index contributed by atoms with van der Waals surface area (Å²) >= 11 is 0. The highest BCUT2D eigenvalue weighted by Gasteiger charge is 2.27. The lowest BCUT2D eigenvalue weighted by Gasteiger charge is -2.17. The summed E-state index contributed by atoms with van der Waals surface area (Å²) in [6, 6.07) is 12.6. The lowest BCUT2D eigenvalue weighted by atomic mass is 10.0. The van der Waals surface area contributed by atoms with Crippen molar-refractivity contribution in [3.8, 4) is 22.7 Å². The number of nitrogens with zero attached hydrogens (tertiary/aromatic N) is 4. The Labute approximate surface area is 205 Å². The number of nitrogens with one attached hydrogen (secondary N) is 1. The molecule has 11 heteroatoms. The third kappa shape index (κ3) is 5.99. The molecule has 2 N–H and O–H groups in total. The summed E-state index contributed by atoms with van der Waals surface area (Å²) in [4.78, 5) is 12.6. The molecule has 8 nitrogen and oxygen atoms in total. The molecule has 0 spiro atoms. The highest BCUT2D eigenvalue weighted by atomic mass is 19.4. The highest BCUT2D eigenvalue weighted by molar-refractivity contribution is 5.75. The lowest BCUT2D eigenvalue weighted by Crippen LogP contribution is -2.17. The van der Waals surface area contributed by atoms with Crippen LogP contribution < -0.4 is 10.1 Å². The Morgan fingerprint density at radius 1 is 1.11 bits per heavy atom. The highest BCUT2D eigenvalue weighted by Crippen LogP contribution is 2.33. The molecule has 0 unspecified atom stereocenters. The zero-order valence-corrected chi connectivity index (χ0v) is 19.6. The molecule has 0 saturated heterocycles. The van der Waals surface area contributed by atoms with Crippen molar-refractivity contribution in [2.24, 2.45) is 0 Å². The molecule has 0 aliphatic carbocycles. The van der Waals surface area contributed by atoms with Crippen molar-refractivity contribution < 1.29 is 27.8 Å². The number of anilines is 2. The van der Waals surface area contributed by atoms with Gasteiger partial charge in [-0.1, -0.05) is 12.1 Å². The van der Waals surface area contributed by atoms with Gasteiger partial charge in [-0.05, 0) is 31.2 Å². The van der Waals surface area contributed by atoms with Gasteiger partial charge in [0.05, 0.1) is 37.1 Å². The number of aliphatic hydroxyl groups excluding tert-OH is 1. The van der Waals surface area contributed by atoms with E-state index in [0.29, 0.717) is 28.3 Å². The average molecular weight is 499 g/mol. The molecule has 4 rings (SSSR count). The summed E-state index contributed by atoms with van der Waals surface area (Å²) in [7, 11) is 1.58. The number of rotatable bonds is 9. The van der Waals surface area contributed by atoms with E-state index in [-0.39, 0.29) is 19.0 Å². The molecule has 2 aromatic heterocycles. The fourth-order valence-electron chi connectivity index (χ4n) is 3.67. The van der Waals surface area contributed by atoms with E-state index < -0.39 is 12.8 Å². The first-order chi connectivity index (χ1) is 17.3. The predicted molar refractivity (Wildman–Crippen MR) is 127 cm³/mol. The zero-order valence-electron chi connectivity index (χ0n) is 19.6. The first-order valence-electron chi connectivity index (χ1n) is 10.9. The van der Waals surface area contributed by atoms with Crippen LogP contribution in [0.4, 0.5) is 24.5 Å². The monoisotopic (exact) mass is 499 g/mol. The minimum Gasteiger partial charge on any atom is -0.494 e. The van der Waals surface area contributed by atoms with Crippen molar-refractivity contribution in [3.63, 3.8) is 0 Å². The van der Waals surface area contributed by atoms with Crippen LogP contribution in [0.25, 0.3) is 16.9 Å². The lowest BCUT2D eigenvalue weighted by molar-refractivity contribution is -0.177.